The lowest BCUT2D eigenvalue weighted by molar-refractivity contribution is -0.676. The average Bonchev–Trinajstić information content (AvgIpc) is 2.72. The molecule has 1 N–H and O–H groups in total. The lowest BCUT2D eigenvalue weighted by Crippen LogP contribution is -2.46. The summed E-state index contributed by atoms with van der Waals surface area (Å²) in [6.45, 7) is 5.02. The van der Waals surface area contributed by atoms with Crippen molar-refractivity contribution in [1.29, 1.82) is 0 Å². The van der Waals surface area contributed by atoms with Crippen molar-refractivity contribution in [3.8, 4) is 0 Å². The van der Waals surface area contributed by atoms with Gasteiger partial charge in [0.25, 0.3) is 0 Å². The number of pyridine rings is 1. The Hall–Kier alpha value is -3.40. The number of amides is 1. The van der Waals surface area contributed by atoms with E-state index in [1.165, 1.54) is 11.3 Å². The zero-order chi connectivity index (χ0) is 19.5. The van der Waals surface area contributed by atoms with E-state index < -0.39 is 0 Å². The van der Waals surface area contributed by atoms with Gasteiger partial charge < -0.3 is 10.2 Å². The Morgan fingerprint density at radius 2 is 1.82 bits per heavy atom. The predicted molar refractivity (Wildman–Crippen MR) is 114 cm³/mol. The number of aromatic nitrogens is 1. The summed E-state index contributed by atoms with van der Waals surface area (Å²) in [5.74, 6) is -0.0410. The molecule has 0 saturated carbocycles. The number of hydrogen-bond acceptors (Lipinski definition) is 2. The molecule has 2 aromatic carbocycles. The maximum Gasteiger partial charge on any atom is 0.224 e. The van der Waals surface area contributed by atoms with Crippen molar-refractivity contribution in [3.05, 3.63) is 83.7 Å². The molecule has 1 aromatic heterocycles. The van der Waals surface area contributed by atoms with E-state index in [9.17, 15) is 4.79 Å². The van der Waals surface area contributed by atoms with Crippen LogP contribution in [0.5, 0.6) is 0 Å². The van der Waals surface area contributed by atoms with Gasteiger partial charge in [0, 0.05) is 48.4 Å². The molecule has 1 amide bonds. The third kappa shape index (κ3) is 3.41. The van der Waals surface area contributed by atoms with E-state index in [1.807, 2.05) is 12.1 Å². The summed E-state index contributed by atoms with van der Waals surface area (Å²) in [6.07, 6.45) is 6.50. The number of anilines is 1. The van der Waals surface area contributed by atoms with E-state index in [0.29, 0.717) is 6.67 Å². The van der Waals surface area contributed by atoms with Crippen molar-refractivity contribution in [2.24, 2.45) is 0 Å². The van der Waals surface area contributed by atoms with Crippen molar-refractivity contribution in [1.82, 2.24) is 5.32 Å². The van der Waals surface area contributed by atoms with Crippen LogP contribution in [0.1, 0.15) is 25.1 Å². The summed E-state index contributed by atoms with van der Waals surface area (Å²) in [5, 5.41) is 4.08. The Morgan fingerprint density at radius 1 is 1.04 bits per heavy atom. The van der Waals surface area contributed by atoms with Gasteiger partial charge in [0.05, 0.1) is 0 Å². The zero-order valence-corrected chi connectivity index (χ0v) is 16.2. The van der Waals surface area contributed by atoms with Gasteiger partial charge in [-0.3, -0.25) is 4.79 Å². The van der Waals surface area contributed by atoms with Crippen molar-refractivity contribution in [2.45, 2.75) is 20.5 Å². The van der Waals surface area contributed by atoms with Crippen LogP contribution in [-0.2, 0) is 11.5 Å². The van der Waals surface area contributed by atoms with Crippen LogP contribution in [-0.4, -0.2) is 12.5 Å². The monoisotopic (exact) mass is 370 g/mol. The topological polar surface area (TPSA) is 36.2 Å². The number of nitrogens with zero attached hydrogens (tertiary/aromatic N) is 2. The highest BCUT2D eigenvalue weighted by molar-refractivity contribution is 5.80. The SMILES string of the molecule is CCN1C(=Cc2ccc3ccccc3[n+]2CNC(C)=O)C=Cc2ccccc21. The molecule has 4 nitrogen and oxygen atoms in total. The molecule has 0 spiro atoms. The number of rotatable bonds is 4. The van der Waals surface area contributed by atoms with Crippen LogP contribution in [0.4, 0.5) is 5.69 Å². The molecule has 1 aliphatic heterocycles. The van der Waals surface area contributed by atoms with E-state index in [4.69, 9.17) is 0 Å². The minimum Gasteiger partial charge on any atom is -0.341 e. The molecule has 2 heterocycles. The van der Waals surface area contributed by atoms with Gasteiger partial charge in [-0.05, 0) is 36.8 Å². The third-order valence-corrected chi connectivity index (χ3v) is 5.04. The second-order valence-electron chi connectivity index (χ2n) is 6.84. The van der Waals surface area contributed by atoms with E-state index in [0.717, 1.165) is 28.8 Å². The van der Waals surface area contributed by atoms with Gasteiger partial charge in [0.2, 0.25) is 23.8 Å². The van der Waals surface area contributed by atoms with E-state index >= 15 is 0 Å². The van der Waals surface area contributed by atoms with Crippen molar-refractivity contribution in [2.75, 3.05) is 11.4 Å². The summed E-state index contributed by atoms with van der Waals surface area (Å²) < 4.78 is 2.14. The predicted octanol–water partition coefficient (Wildman–Crippen LogP) is 4.12. The van der Waals surface area contributed by atoms with Crippen molar-refractivity contribution >= 4 is 34.6 Å². The number of hydrogen-bond donors (Lipinski definition) is 1. The van der Waals surface area contributed by atoms with Crippen LogP contribution < -0.4 is 14.8 Å². The number of nitrogens with one attached hydrogen (secondary N) is 1. The molecule has 0 fully saturated rings. The summed E-state index contributed by atoms with van der Waals surface area (Å²) in [6, 6.07) is 20.9. The zero-order valence-electron chi connectivity index (χ0n) is 16.2. The maximum absolute atomic E-state index is 11.5. The highest BCUT2D eigenvalue weighted by Gasteiger charge is 2.19. The fourth-order valence-corrected chi connectivity index (χ4v) is 3.68. The van der Waals surface area contributed by atoms with Gasteiger partial charge >= 0.3 is 0 Å². The van der Waals surface area contributed by atoms with E-state index in [1.54, 1.807) is 6.92 Å². The second-order valence-corrected chi connectivity index (χ2v) is 6.84. The lowest BCUT2D eigenvalue weighted by atomic mass is 10.0. The molecule has 4 rings (SSSR count). The van der Waals surface area contributed by atoms with Gasteiger partial charge in [-0.1, -0.05) is 36.4 Å². The molecule has 0 unspecified atom stereocenters. The molecule has 28 heavy (non-hydrogen) atoms. The highest BCUT2D eigenvalue weighted by atomic mass is 16.1. The van der Waals surface area contributed by atoms with E-state index in [-0.39, 0.29) is 5.91 Å². The first-order chi connectivity index (χ1) is 13.7. The quantitative estimate of drug-likeness (QED) is 0.702. The molecule has 4 heteroatoms. The minimum atomic E-state index is -0.0410. The number of fused-ring (bicyclic) bond motifs is 2. The molecule has 3 aromatic rings. The highest BCUT2D eigenvalue weighted by Crippen LogP contribution is 2.31. The molecule has 0 atom stereocenters. The standard InChI is InChI=1S/C24H23N3O/c1-3-26-21(14-12-19-8-4-6-10-23(19)26)16-22-15-13-20-9-5-7-11-24(20)27(22)17-25-18(2)28/h4-16H,3,17H2,1-2H3/p+1. The molecular formula is C24H24N3O+. The van der Waals surface area contributed by atoms with Crippen molar-refractivity contribution < 1.29 is 9.36 Å². The number of likely N-dealkylation sites (N-methyl/N-ethyl adjacent to an activating group) is 1. The number of carbonyl (C=O) groups is 1. The smallest absolute Gasteiger partial charge is 0.224 e. The molecule has 0 aliphatic carbocycles. The Morgan fingerprint density at radius 3 is 2.64 bits per heavy atom. The lowest BCUT2D eigenvalue weighted by Gasteiger charge is -2.29. The Kier molecular flexibility index (Phi) is 4.94. The van der Waals surface area contributed by atoms with Gasteiger partial charge in [-0.2, -0.15) is 4.57 Å². The van der Waals surface area contributed by atoms with Crippen LogP contribution >= 0.6 is 0 Å². The van der Waals surface area contributed by atoms with Gasteiger partial charge in [-0.15, -0.1) is 0 Å². The van der Waals surface area contributed by atoms with Crippen LogP contribution in [0, 0.1) is 0 Å². The maximum atomic E-state index is 11.5. The van der Waals surface area contributed by atoms with Crippen LogP contribution in [0.3, 0.4) is 0 Å². The van der Waals surface area contributed by atoms with Gasteiger partial charge in [-0.25, -0.2) is 0 Å². The molecule has 0 saturated heterocycles. The summed E-state index contributed by atoms with van der Waals surface area (Å²) in [7, 11) is 0. The Labute approximate surface area is 165 Å². The Bertz CT molecular complexity index is 1100. The first-order valence-electron chi connectivity index (χ1n) is 9.60. The van der Waals surface area contributed by atoms with Crippen LogP contribution in [0.2, 0.25) is 0 Å². The van der Waals surface area contributed by atoms with Crippen LogP contribution in [0.25, 0.3) is 23.1 Å². The average molecular weight is 370 g/mol. The summed E-state index contributed by atoms with van der Waals surface area (Å²) in [4.78, 5) is 13.8. The first kappa shape index (κ1) is 18.0. The van der Waals surface area contributed by atoms with Gasteiger partial charge in [0.15, 0.2) is 0 Å². The fourth-order valence-electron chi connectivity index (χ4n) is 3.68. The van der Waals surface area contributed by atoms with Crippen LogP contribution in [0.15, 0.2) is 72.4 Å². The third-order valence-electron chi connectivity index (χ3n) is 5.04. The first-order valence-corrected chi connectivity index (χ1v) is 9.60. The molecule has 1 aliphatic rings. The Balaban J connectivity index is 1.83. The van der Waals surface area contributed by atoms with Gasteiger partial charge in [0.1, 0.15) is 0 Å². The normalized spacial score (nSPS) is 14.4. The molecular weight excluding hydrogens is 346 g/mol. The molecule has 140 valence electrons. The number of benzene rings is 2. The number of carbonyl (C=O) groups excluding carboxylic acids is 1. The fraction of sp³-hybridized carbons (Fsp3) is 0.167. The van der Waals surface area contributed by atoms with E-state index in [2.05, 4.69) is 88.5 Å². The largest absolute Gasteiger partial charge is 0.341 e. The number of allylic oxidation sites excluding steroid dienone is 1. The second kappa shape index (κ2) is 7.69. The van der Waals surface area contributed by atoms with Crippen molar-refractivity contribution in [3.63, 3.8) is 0 Å². The summed E-state index contributed by atoms with van der Waals surface area (Å²) >= 11 is 0. The summed E-state index contributed by atoms with van der Waals surface area (Å²) in [5.41, 5.74) is 5.71. The molecule has 0 radical (unpaired) electrons. The number of para-hydroxylation sites is 2. The minimum absolute atomic E-state index is 0.0410. The molecule has 0 bridgehead atoms.